The zero-order valence-electron chi connectivity index (χ0n) is 20.2. The molecule has 0 saturated heterocycles. The van der Waals surface area contributed by atoms with Gasteiger partial charge in [-0.05, 0) is 48.7 Å². The van der Waals surface area contributed by atoms with Crippen LogP contribution in [-0.2, 0) is 40.6 Å². The van der Waals surface area contributed by atoms with Crippen LogP contribution in [0.4, 0.5) is 5.82 Å². The van der Waals surface area contributed by atoms with Crippen LogP contribution in [0, 0.1) is 0 Å². The van der Waals surface area contributed by atoms with Crippen molar-refractivity contribution in [1.29, 1.82) is 0 Å². The van der Waals surface area contributed by atoms with Crippen molar-refractivity contribution in [3.05, 3.63) is 65.1 Å². The predicted octanol–water partition coefficient (Wildman–Crippen LogP) is 0.961. The molecule has 4 rings (SSSR count). The molecule has 0 fully saturated rings. The lowest BCUT2D eigenvalue weighted by Crippen LogP contribution is -2.42. The van der Waals surface area contributed by atoms with Crippen LogP contribution in [0.15, 0.2) is 47.5 Å². The molecule has 3 heterocycles. The van der Waals surface area contributed by atoms with Gasteiger partial charge in [-0.3, -0.25) is 14.3 Å². The smallest absolute Gasteiger partial charge is 0.322 e. The number of nitrogens with zero attached hydrogens (tertiary/aromatic N) is 3. The standard InChI is InChI=1S/C24H28N6O6S/c1-36-17-6-8-18(9-7-17)37(34,35)29-21(24(32)33)13-20-19(22(25)31)14-30(28-20)12-10-16-5-4-15-3-2-11-26-23(15)27-16/h4-9,14,21,29H,2-3,10-13H2,1H3,(H2,25,31)(H,26,27)(H,32,33)/t21-/m0/s1. The number of aliphatic carboxylic acids is 1. The van der Waals surface area contributed by atoms with E-state index in [1.54, 1.807) is 0 Å². The normalized spacial score (nSPS) is 13.9. The maximum Gasteiger partial charge on any atom is 0.322 e. The van der Waals surface area contributed by atoms with E-state index in [9.17, 15) is 23.1 Å². The number of ether oxygens (including phenoxy) is 1. The first-order chi connectivity index (χ1) is 17.7. The van der Waals surface area contributed by atoms with Crippen LogP contribution in [0.1, 0.15) is 33.7 Å². The third kappa shape index (κ3) is 6.24. The van der Waals surface area contributed by atoms with E-state index < -0.39 is 27.9 Å². The van der Waals surface area contributed by atoms with Crippen LogP contribution in [-0.4, -0.2) is 59.9 Å². The highest BCUT2D eigenvalue weighted by Gasteiger charge is 2.28. The van der Waals surface area contributed by atoms with Crippen LogP contribution in [0.5, 0.6) is 5.75 Å². The number of nitrogens with one attached hydrogen (secondary N) is 2. The summed E-state index contributed by atoms with van der Waals surface area (Å²) in [6.45, 7) is 1.24. The van der Waals surface area contributed by atoms with Crippen molar-refractivity contribution in [1.82, 2.24) is 19.5 Å². The highest BCUT2D eigenvalue weighted by Crippen LogP contribution is 2.20. The number of primary amides is 1. The SMILES string of the molecule is COc1ccc(S(=O)(=O)N[C@@H](Cc2nn(CCc3ccc4c(n3)NCCC4)cc2C(N)=O)C(=O)O)cc1. The monoisotopic (exact) mass is 528 g/mol. The lowest BCUT2D eigenvalue weighted by Gasteiger charge is -2.17. The van der Waals surface area contributed by atoms with Crippen LogP contribution in [0.2, 0.25) is 0 Å². The number of rotatable bonds is 11. The van der Waals surface area contributed by atoms with Crippen LogP contribution >= 0.6 is 0 Å². The highest BCUT2D eigenvalue weighted by molar-refractivity contribution is 7.89. The summed E-state index contributed by atoms with van der Waals surface area (Å²) < 4.78 is 34.2. The summed E-state index contributed by atoms with van der Waals surface area (Å²) in [6.07, 6.45) is 3.61. The highest BCUT2D eigenvalue weighted by atomic mass is 32.2. The van der Waals surface area contributed by atoms with E-state index in [0.717, 1.165) is 30.9 Å². The number of benzene rings is 1. The number of aryl methyl sites for hydroxylation is 3. The first kappa shape index (κ1) is 26.1. The third-order valence-electron chi connectivity index (χ3n) is 6.02. The molecule has 1 aliphatic heterocycles. The number of carboxylic acid groups (broad SMARTS) is 1. The second kappa shape index (κ2) is 11.0. The van der Waals surface area contributed by atoms with Crippen molar-refractivity contribution in [2.45, 2.75) is 43.2 Å². The number of methoxy groups -OCH3 is 1. The van der Waals surface area contributed by atoms with Crippen molar-refractivity contribution >= 4 is 27.7 Å². The van der Waals surface area contributed by atoms with E-state index in [1.165, 1.54) is 47.8 Å². The number of hydrogen-bond acceptors (Lipinski definition) is 8. The molecule has 13 heteroatoms. The Labute approximate surface area is 213 Å². The third-order valence-corrected chi connectivity index (χ3v) is 7.50. The molecule has 1 atom stereocenters. The number of aromatic nitrogens is 3. The van der Waals surface area contributed by atoms with Crippen molar-refractivity contribution in [3.8, 4) is 5.75 Å². The Morgan fingerprint density at radius 1 is 1.24 bits per heavy atom. The summed E-state index contributed by atoms with van der Waals surface area (Å²) in [5.41, 5.74) is 7.61. The van der Waals surface area contributed by atoms with Crippen molar-refractivity contribution in [2.24, 2.45) is 5.73 Å². The summed E-state index contributed by atoms with van der Waals surface area (Å²) in [5, 5.41) is 17.3. The Balaban J connectivity index is 1.49. The summed E-state index contributed by atoms with van der Waals surface area (Å²) >= 11 is 0. The molecule has 196 valence electrons. The number of nitrogens with two attached hydrogens (primary N) is 1. The Morgan fingerprint density at radius 2 is 2.00 bits per heavy atom. The lowest BCUT2D eigenvalue weighted by molar-refractivity contribution is -0.138. The van der Waals surface area contributed by atoms with Gasteiger partial charge in [0.05, 0.1) is 23.3 Å². The molecule has 1 aliphatic rings. The molecule has 1 aromatic carbocycles. The minimum atomic E-state index is -4.18. The van der Waals surface area contributed by atoms with Crippen LogP contribution in [0.25, 0.3) is 0 Å². The van der Waals surface area contributed by atoms with Gasteiger partial charge in [-0.15, -0.1) is 0 Å². The van der Waals surface area contributed by atoms with E-state index in [1.807, 2.05) is 12.1 Å². The summed E-state index contributed by atoms with van der Waals surface area (Å²) in [5.74, 6) is -0.893. The zero-order chi connectivity index (χ0) is 26.6. The number of sulfonamides is 1. The fourth-order valence-corrected chi connectivity index (χ4v) is 5.24. The minimum Gasteiger partial charge on any atom is -0.497 e. The summed E-state index contributed by atoms with van der Waals surface area (Å²) in [4.78, 5) is 28.5. The number of carbonyl (C=O) groups is 2. The molecule has 0 radical (unpaired) electrons. The minimum absolute atomic E-state index is 0.0231. The molecule has 12 nitrogen and oxygen atoms in total. The van der Waals surface area contributed by atoms with Crippen molar-refractivity contribution < 1.29 is 27.9 Å². The van der Waals surface area contributed by atoms with Gasteiger partial charge in [0, 0.05) is 37.8 Å². The number of carbonyl (C=O) groups excluding carboxylic acids is 1. The van der Waals surface area contributed by atoms with Crippen molar-refractivity contribution in [3.63, 3.8) is 0 Å². The van der Waals surface area contributed by atoms with Crippen LogP contribution < -0.4 is 20.5 Å². The van der Waals surface area contributed by atoms with Gasteiger partial charge in [0.15, 0.2) is 0 Å². The molecule has 0 unspecified atom stereocenters. The van der Waals surface area contributed by atoms with Crippen molar-refractivity contribution in [2.75, 3.05) is 19.0 Å². The molecule has 0 spiro atoms. The quantitative estimate of drug-likeness (QED) is 0.282. The Bertz CT molecular complexity index is 1400. The maximum absolute atomic E-state index is 12.8. The van der Waals surface area contributed by atoms with E-state index in [-0.39, 0.29) is 22.6 Å². The maximum atomic E-state index is 12.8. The number of carboxylic acids is 1. The summed E-state index contributed by atoms with van der Waals surface area (Å²) in [6, 6.07) is 7.90. The molecule has 0 bridgehead atoms. The predicted molar refractivity (Wildman–Crippen MR) is 134 cm³/mol. The number of amides is 1. The average Bonchev–Trinajstić information content (AvgIpc) is 3.30. The Hall–Kier alpha value is -3.97. The second-order valence-electron chi connectivity index (χ2n) is 8.60. The molecular weight excluding hydrogens is 500 g/mol. The van der Waals surface area contributed by atoms with Gasteiger partial charge < -0.3 is 20.9 Å². The van der Waals surface area contributed by atoms with E-state index in [2.05, 4.69) is 20.1 Å². The number of pyridine rings is 1. The Kier molecular flexibility index (Phi) is 7.74. The second-order valence-corrected chi connectivity index (χ2v) is 10.3. The van der Waals surface area contributed by atoms with Gasteiger partial charge in [-0.25, -0.2) is 13.4 Å². The first-order valence-corrected chi connectivity index (χ1v) is 13.1. The van der Waals surface area contributed by atoms with Gasteiger partial charge in [-0.1, -0.05) is 6.07 Å². The van der Waals surface area contributed by atoms with E-state index >= 15 is 0 Å². The topological polar surface area (TPSA) is 179 Å². The molecule has 1 amide bonds. The Morgan fingerprint density at radius 3 is 2.68 bits per heavy atom. The van der Waals surface area contributed by atoms with E-state index in [4.69, 9.17) is 10.5 Å². The lowest BCUT2D eigenvalue weighted by atomic mass is 10.1. The van der Waals surface area contributed by atoms with Gasteiger partial charge in [0.2, 0.25) is 10.0 Å². The molecule has 37 heavy (non-hydrogen) atoms. The number of hydrogen-bond donors (Lipinski definition) is 4. The first-order valence-electron chi connectivity index (χ1n) is 11.6. The molecule has 0 saturated carbocycles. The average molecular weight is 529 g/mol. The molecule has 5 N–H and O–H groups in total. The number of anilines is 1. The molecule has 2 aromatic heterocycles. The van der Waals surface area contributed by atoms with Crippen LogP contribution in [0.3, 0.4) is 0 Å². The van der Waals surface area contributed by atoms with Gasteiger partial charge in [-0.2, -0.15) is 9.82 Å². The van der Waals surface area contributed by atoms with Gasteiger partial charge >= 0.3 is 5.97 Å². The zero-order valence-corrected chi connectivity index (χ0v) is 21.0. The number of fused-ring (bicyclic) bond motifs is 1. The van der Waals surface area contributed by atoms with Gasteiger partial charge in [0.1, 0.15) is 17.6 Å². The molecular formula is C24H28N6O6S. The fraction of sp³-hybridized carbons (Fsp3) is 0.333. The fourth-order valence-electron chi connectivity index (χ4n) is 4.05. The van der Waals surface area contributed by atoms with Gasteiger partial charge in [0.25, 0.3) is 5.91 Å². The van der Waals surface area contributed by atoms with E-state index in [0.29, 0.717) is 18.7 Å². The largest absolute Gasteiger partial charge is 0.497 e. The molecule has 3 aromatic rings. The molecule has 0 aliphatic carbocycles. The summed E-state index contributed by atoms with van der Waals surface area (Å²) in [7, 11) is -2.74.